The number of thiazole rings is 1. The number of hydrogen-bond donors (Lipinski definition) is 0. The molecular weight excluding hydrogens is 490 g/mol. The standard InChI is InChI=1S/C24H27N3O8S/c1-5-32-18-11-15(12-19(33-6-2)22(18)35-8-4)23(29)25-24-26(14-21(28)34-7-3)17-13-16(27(30)31)9-10-20(17)36-24/h9-13H,5-8,14H2,1-4H3. The Morgan fingerprint density at radius 3 is 2.17 bits per heavy atom. The summed E-state index contributed by atoms with van der Waals surface area (Å²) in [5.41, 5.74) is 0.437. The highest BCUT2D eigenvalue weighted by molar-refractivity contribution is 7.16. The summed E-state index contributed by atoms with van der Waals surface area (Å²) in [6.45, 7) is 8.08. The zero-order valence-electron chi connectivity index (χ0n) is 20.4. The molecule has 0 N–H and O–H groups in total. The Balaban J connectivity index is 2.17. The molecule has 36 heavy (non-hydrogen) atoms. The van der Waals surface area contributed by atoms with Crippen LogP contribution in [0.15, 0.2) is 35.3 Å². The van der Waals surface area contributed by atoms with Crippen molar-refractivity contribution in [2.24, 2.45) is 4.99 Å². The quantitative estimate of drug-likeness (QED) is 0.211. The van der Waals surface area contributed by atoms with Crippen molar-refractivity contribution < 1.29 is 33.5 Å². The zero-order valence-corrected chi connectivity index (χ0v) is 21.3. The molecule has 12 heteroatoms. The van der Waals surface area contributed by atoms with Crippen molar-refractivity contribution >= 4 is 39.1 Å². The van der Waals surface area contributed by atoms with Crippen LogP contribution in [0.4, 0.5) is 5.69 Å². The van der Waals surface area contributed by atoms with Crippen LogP contribution in [0.2, 0.25) is 0 Å². The van der Waals surface area contributed by atoms with Crippen LogP contribution in [0, 0.1) is 10.1 Å². The van der Waals surface area contributed by atoms with Gasteiger partial charge in [-0.1, -0.05) is 11.3 Å². The molecule has 0 spiro atoms. The number of hydrogen-bond acceptors (Lipinski definition) is 9. The summed E-state index contributed by atoms with van der Waals surface area (Å²) in [6, 6.07) is 7.30. The van der Waals surface area contributed by atoms with Gasteiger partial charge in [-0.2, -0.15) is 4.99 Å². The van der Waals surface area contributed by atoms with E-state index in [1.165, 1.54) is 28.8 Å². The Bertz CT molecular complexity index is 1320. The molecule has 192 valence electrons. The van der Waals surface area contributed by atoms with Crippen LogP contribution in [0.5, 0.6) is 17.2 Å². The molecule has 3 aromatic rings. The Morgan fingerprint density at radius 1 is 0.972 bits per heavy atom. The monoisotopic (exact) mass is 517 g/mol. The molecule has 11 nitrogen and oxygen atoms in total. The van der Waals surface area contributed by atoms with E-state index >= 15 is 0 Å². The van der Waals surface area contributed by atoms with Crippen molar-refractivity contribution in [3.05, 3.63) is 50.8 Å². The number of non-ortho nitro benzene ring substituents is 1. The minimum Gasteiger partial charge on any atom is -0.490 e. The first-order chi connectivity index (χ1) is 17.3. The minimum absolute atomic E-state index is 0.148. The van der Waals surface area contributed by atoms with E-state index in [2.05, 4.69) is 4.99 Å². The number of aromatic nitrogens is 1. The lowest BCUT2D eigenvalue weighted by Crippen LogP contribution is -2.23. The Kier molecular flexibility index (Phi) is 9.01. The van der Waals surface area contributed by atoms with Crippen LogP contribution in [0.1, 0.15) is 38.1 Å². The van der Waals surface area contributed by atoms with E-state index in [0.29, 0.717) is 47.3 Å². The maximum Gasteiger partial charge on any atom is 0.326 e. The highest BCUT2D eigenvalue weighted by Gasteiger charge is 2.20. The average molecular weight is 518 g/mol. The Morgan fingerprint density at radius 2 is 1.61 bits per heavy atom. The Hall–Kier alpha value is -3.93. The molecule has 0 aliphatic heterocycles. The molecule has 0 saturated heterocycles. The molecule has 0 saturated carbocycles. The van der Waals surface area contributed by atoms with Gasteiger partial charge < -0.3 is 23.5 Å². The summed E-state index contributed by atoms with van der Waals surface area (Å²) < 4.78 is 24.1. The number of nitro groups is 1. The number of amides is 1. The van der Waals surface area contributed by atoms with Gasteiger partial charge in [0.15, 0.2) is 16.3 Å². The molecule has 0 unspecified atom stereocenters. The highest BCUT2D eigenvalue weighted by Crippen LogP contribution is 2.39. The summed E-state index contributed by atoms with van der Waals surface area (Å²) >= 11 is 1.13. The molecule has 1 amide bonds. The number of ether oxygens (including phenoxy) is 4. The predicted molar refractivity (Wildman–Crippen MR) is 133 cm³/mol. The third-order valence-corrected chi connectivity index (χ3v) is 5.88. The lowest BCUT2D eigenvalue weighted by Gasteiger charge is -2.16. The molecular formula is C24H27N3O8S. The van der Waals surface area contributed by atoms with E-state index in [-0.39, 0.29) is 29.2 Å². The third kappa shape index (κ3) is 6.00. The molecule has 2 aromatic carbocycles. The van der Waals surface area contributed by atoms with Gasteiger partial charge in [-0.15, -0.1) is 0 Å². The van der Waals surface area contributed by atoms with E-state index < -0.39 is 16.8 Å². The van der Waals surface area contributed by atoms with Gasteiger partial charge in [-0.05, 0) is 45.9 Å². The summed E-state index contributed by atoms with van der Waals surface area (Å²) in [5.74, 6) is -0.0933. The van der Waals surface area contributed by atoms with Crippen LogP contribution in [0.3, 0.4) is 0 Å². The second-order valence-corrected chi connectivity index (χ2v) is 8.21. The molecule has 0 aliphatic carbocycles. The van der Waals surface area contributed by atoms with E-state index in [1.54, 1.807) is 13.0 Å². The largest absolute Gasteiger partial charge is 0.490 e. The van der Waals surface area contributed by atoms with Crippen molar-refractivity contribution in [3.63, 3.8) is 0 Å². The number of carbonyl (C=O) groups is 2. The van der Waals surface area contributed by atoms with Gasteiger partial charge in [0.1, 0.15) is 6.54 Å². The van der Waals surface area contributed by atoms with Gasteiger partial charge in [-0.3, -0.25) is 19.7 Å². The molecule has 1 aromatic heterocycles. The predicted octanol–water partition coefficient (Wildman–Crippen LogP) is 4.11. The van der Waals surface area contributed by atoms with Crippen LogP contribution >= 0.6 is 11.3 Å². The summed E-state index contributed by atoms with van der Waals surface area (Å²) in [6.07, 6.45) is 0. The average Bonchev–Trinajstić information content (AvgIpc) is 3.17. The number of nitrogens with zero attached hydrogens (tertiary/aromatic N) is 3. The first-order valence-electron chi connectivity index (χ1n) is 11.4. The molecule has 0 fully saturated rings. The van der Waals surface area contributed by atoms with Gasteiger partial charge in [0.05, 0.1) is 41.6 Å². The topological polar surface area (TPSA) is 131 Å². The van der Waals surface area contributed by atoms with Gasteiger partial charge in [0.2, 0.25) is 5.75 Å². The van der Waals surface area contributed by atoms with Crippen LogP contribution in [-0.4, -0.2) is 47.8 Å². The highest BCUT2D eigenvalue weighted by atomic mass is 32.1. The van der Waals surface area contributed by atoms with Crippen molar-refractivity contribution in [1.29, 1.82) is 0 Å². The van der Waals surface area contributed by atoms with Gasteiger partial charge >= 0.3 is 5.97 Å². The maximum atomic E-state index is 13.3. The summed E-state index contributed by atoms with van der Waals surface area (Å²) in [4.78, 5) is 40.7. The van der Waals surface area contributed by atoms with Crippen molar-refractivity contribution in [2.45, 2.75) is 34.2 Å². The fourth-order valence-corrected chi connectivity index (χ4v) is 4.42. The number of fused-ring (bicyclic) bond motifs is 1. The van der Waals surface area contributed by atoms with E-state index in [0.717, 1.165) is 11.3 Å². The van der Waals surface area contributed by atoms with Crippen molar-refractivity contribution in [1.82, 2.24) is 4.57 Å². The molecule has 0 bridgehead atoms. The fourth-order valence-electron chi connectivity index (χ4n) is 3.41. The van der Waals surface area contributed by atoms with Crippen molar-refractivity contribution in [3.8, 4) is 17.2 Å². The first kappa shape index (κ1) is 26.7. The van der Waals surface area contributed by atoms with Gasteiger partial charge in [0, 0.05) is 17.7 Å². The lowest BCUT2D eigenvalue weighted by molar-refractivity contribution is -0.384. The smallest absolute Gasteiger partial charge is 0.326 e. The van der Waals surface area contributed by atoms with E-state index in [9.17, 15) is 19.7 Å². The maximum absolute atomic E-state index is 13.3. The summed E-state index contributed by atoms with van der Waals surface area (Å²) in [5, 5.41) is 11.3. The van der Waals surface area contributed by atoms with Crippen molar-refractivity contribution in [2.75, 3.05) is 26.4 Å². The van der Waals surface area contributed by atoms with E-state index in [1.807, 2.05) is 20.8 Å². The number of carbonyl (C=O) groups excluding carboxylic acids is 2. The molecule has 3 rings (SSSR count). The van der Waals surface area contributed by atoms with E-state index in [4.69, 9.17) is 18.9 Å². The normalized spacial score (nSPS) is 11.4. The first-order valence-corrected chi connectivity index (χ1v) is 12.2. The molecule has 0 atom stereocenters. The second-order valence-electron chi connectivity index (χ2n) is 7.20. The zero-order chi connectivity index (χ0) is 26.2. The molecule has 0 aliphatic rings. The SMILES string of the molecule is CCOC(=O)Cn1c(=NC(=O)c2cc(OCC)c(OCC)c(OCC)c2)sc2ccc([N+](=O)[O-])cc21. The number of rotatable bonds is 11. The number of benzene rings is 2. The minimum atomic E-state index is -0.612. The number of esters is 1. The van der Waals surface area contributed by atoms with Gasteiger partial charge in [0.25, 0.3) is 11.6 Å². The third-order valence-electron chi connectivity index (χ3n) is 4.82. The van der Waals surface area contributed by atoms with Crippen LogP contribution < -0.4 is 19.0 Å². The summed E-state index contributed by atoms with van der Waals surface area (Å²) in [7, 11) is 0. The number of nitro benzene ring substituents is 1. The molecule has 1 heterocycles. The lowest BCUT2D eigenvalue weighted by atomic mass is 10.1. The Labute approximate surface area is 211 Å². The molecule has 0 radical (unpaired) electrons. The van der Waals surface area contributed by atoms with Crippen LogP contribution in [0.25, 0.3) is 10.2 Å². The van der Waals surface area contributed by atoms with Crippen LogP contribution in [-0.2, 0) is 16.1 Å². The fraction of sp³-hybridized carbons (Fsp3) is 0.375. The van der Waals surface area contributed by atoms with Gasteiger partial charge in [-0.25, -0.2) is 0 Å². The second kappa shape index (κ2) is 12.2.